The molecule has 3 aromatic carbocycles. The molecule has 71 heavy (non-hydrogen) atoms. The van der Waals surface area contributed by atoms with Gasteiger partial charge < -0.3 is 14.4 Å². The quantitative estimate of drug-likeness (QED) is 0.142. The summed E-state index contributed by atoms with van der Waals surface area (Å²) < 4.78 is 98.6. The molecule has 0 N–H and O–H groups in total. The Bertz CT molecular complexity index is 3360. The van der Waals surface area contributed by atoms with Gasteiger partial charge in [-0.1, -0.05) is 154 Å². The Kier molecular flexibility index (Phi) is 12.2. The van der Waals surface area contributed by atoms with Crippen molar-refractivity contribution in [1.82, 2.24) is 15.0 Å². The van der Waals surface area contributed by atoms with E-state index < -0.39 is 43.2 Å². The van der Waals surface area contributed by atoms with Gasteiger partial charge in [-0.3, -0.25) is 0 Å². The topological polar surface area (TPSA) is 51.8 Å². The number of hydrogen-bond acceptors (Lipinski definition) is 4. The second-order valence-corrected chi connectivity index (χ2v) is 25.2. The third-order valence-electron chi connectivity index (χ3n) is 14.1. The third kappa shape index (κ3) is 13.8. The molecule has 0 saturated heterocycles. The maximum atomic E-state index is 9.64. The Balaban J connectivity index is 0.000000240. The van der Waals surface area contributed by atoms with Gasteiger partial charge in [-0.05, 0) is 168 Å². The van der Waals surface area contributed by atoms with Crippen LogP contribution in [0.4, 0.5) is 0 Å². The molecule has 4 aromatic heterocycles. The molecule has 2 saturated carbocycles. The van der Waals surface area contributed by atoms with Gasteiger partial charge in [-0.25, -0.2) is 4.98 Å². The molecule has 1 radical (unpaired) electrons. The van der Waals surface area contributed by atoms with Crippen LogP contribution in [0.25, 0.3) is 55.7 Å². The summed E-state index contributed by atoms with van der Waals surface area (Å²) in [5.74, 6) is -0.647. The predicted octanol–water partition coefficient (Wildman–Crippen LogP) is 18.9. The molecule has 4 nitrogen and oxygen atoms in total. The van der Waals surface area contributed by atoms with E-state index in [0.717, 1.165) is 47.6 Å². The minimum absolute atomic E-state index is 0. The molecule has 1 spiro atoms. The van der Waals surface area contributed by atoms with Crippen LogP contribution in [-0.2, 0) is 32.9 Å². The Hall–Kier alpha value is -4.44. The van der Waals surface area contributed by atoms with Crippen molar-refractivity contribution < 1.29 is 39.6 Å². The van der Waals surface area contributed by atoms with E-state index in [1.807, 2.05) is 54.6 Å². The molecule has 2 fully saturated rings. The molecule has 0 amide bonds. The number of hydrogen-bond donors (Lipinski definition) is 0. The van der Waals surface area contributed by atoms with Crippen LogP contribution in [0.15, 0.2) is 102 Å². The number of rotatable bonds is 8. The molecule has 9 rings (SSSR count). The smallest absolute Gasteiger partial charge is 0.216 e. The first-order valence-corrected chi connectivity index (χ1v) is 25.5. The summed E-state index contributed by atoms with van der Waals surface area (Å²) in [5.41, 5.74) is 5.95. The summed E-state index contributed by atoms with van der Waals surface area (Å²) in [6, 6.07) is 31.5. The van der Waals surface area contributed by atoms with Crippen LogP contribution in [-0.4, -0.2) is 15.0 Å². The van der Waals surface area contributed by atoms with Gasteiger partial charge in [-0.2, -0.15) is 0 Å². The van der Waals surface area contributed by atoms with Gasteiger partial charge in [-0.15, -0.1) is 47.5 Å². The zero-order valence-corrected chi connectivity index (χ0v) is 46.8. The van der Waals surface area contributed by atoms with Crippen molar-refractivity contribution in [1.29, 1.82) is 0 Å². The van der Waals surface area contributed by atoms with Crippen LogP contribution in [0.3, 0.4) is 0 Å². The van der Waals surface area contributed by atoms with Crippen molar-refractivity contribution in [2.45, 2.75) is 180 Å². The molecule has 379 valence electrons. The Morgan fingerprint density at radius 2 is 1.37 bits per heavy atom. The van der Waals surface area contributed by atoms with E-state index >= 15 is 0 Å². The Labute approximate surface area is 457 Å². The molecule has 2 aliphatic rings. The van der Waals surface area contributed by atoms with Crippen molar-refractivity contribution in [3.8, 4) is 33.6 Å². The maximum absolute atomic E-state index is 9.64. The van der Waals surface area contributed by atoms with Gasteiger partial charge in [0.15, 0.2) is 0 Å². The fourth-order valence-corrected chi connectivity index (χ4v) is 11.6. The number of benzene rings is 3. The Morgan fingerprint density at radius 1 is 0.690 bits per heavy atom. The van der Waals surface area contributed by atoms with Gasteiger partial charge in [0, 0.05) is 58.7 Å². The van der Waals surface area contributed by atoms with Crippen molar-refractivity contribution in [3.05, 3.63) is 137 Å². The van der Waals surface area contributed by atoms with E-state index in [0.29, 0.717) is 61.0 Å². The fourth-order valence-electron chi connectivity index (χ4n) is 11.6. The summed E-state index contributed by atoms with van der Waals surface area (Å²) in [7, 11) is 0. The van der Waals surface area contributed by atoms with E-state index in [1.54, 1.807) is 72.0 Å². The summed E-state index contributed by atoms with van der Waals surface area (Å²) in [6.07, 6.45) is 11.2. The molecular formula is C66H83IrN3O-2. The predicted molar refractivity (Wildman–Crippen MR) is 296 cm³/mol. The monoisotopic (exact) mass is 1140 g/mol. The number of fused-ring (bicyclic) bond motifs is 3. The SMILES string of the molecule is [2H]C([2H])([2H])c1c[c-]c(-c2cc(C([2H])([2H])C(C)(C)C)c(C([2H])([2H])C(C)(C)C)cn2)cc1-c1ccccc1.[2H]C([2H])([2H])c1ccc2c(n1)oc1c(-c3cc(C4([2H])CCC5(CCC(CC(C)(C)C)(CC(C)(C)C)CC5)CC4)ccn3)[c-]ccc12.[Ir]. The van der Waals surface area contributed by atoms with Crippen LogP contribution in [0.1, 0.15) is 196 Å². The van der Waals surface area contributed by atoms with E-state index in [1.165, 1.54) is 50.8 Å². The first-order chi connectivity index (χ1) is 37.2. The molecule has 0 aliphatic heterocycles. The molecular weight excluding hydrogens is 1040 g/mol. The van der Waals surface area contributed by atoms with Crippen LogP contribution in [0.5, 0.6) is 0 Å². The second-order valence-electron chi connectivity index (χ2n) is 25.2. The van der Waals surface area contributed by atoms with Crippen LogP contribution in [0, 0.1) is 58.3 Å². The van der Waals surface area contributed by atoms with Crippen molar-refractivity contribution in [2.75, 3.05) is 0 Å². The number of furan rings is 1. The van der Waals surface area contributed by atoms with Gasteiger partial charge >= 0.3 is 0 Å². The minimum atomic E-state index is -2.34. The number of aryl methyl sites for hydroxylation is 2. The normalized spacial score (nSPS) is 19.9. The van der Waals surface area contributed by atoms with Gasteiger partial charge in [0.05, 0.1) is 5.58 Å². The maximum Gasteiger partial charge on any atom is 0.216 e. The third-order valence-corrected chi connectivity index (χ3v) is 14.1. The fraction of sp³-hybridized carbons (Fsp3) is 0.500. The number of nitrogens with zero attached hydrogens (tertiary/aromatic N) is 3. The second kappa shape index (κ2) is 21.2. The summed E-state index contributed by atoms with van der Waals surface area (Å²) >= 11 is 0. The van der Waals surface area contributed by atoms with Crippen LogP contribution in [0.2, 0.25) is 0 Å². The average molecular weight is 1140 g/mol. The minimum Gasteiger partial charge on any atom is -0.486 e. The van der Waals surface area contributed by atoms with Crippen LogP contribution >= 0.6 is 0 Å². The zero-order valence-electron chi connectivity index (χ0n) is 55.4. The number of pyridine rings is 3. The first kappa shape index (κ1) is 41.0. The van der Waals surface area contributed by atoms with E-state index in [4.69, 9.17) is 18.1 Å². The van der Waals surface area contributed by atoms with Gasteiger partial charge in [0.1, 0.15) is 0 Å². The summed E-state index contributed by atoms with van der Waals surface area (Å²) in [6.45, 7) is 20.5. The van der Waals surface area contributed by atoms with Gasteiger partial charge in [0.25, 0.3) is 0 Å². The van der Waals surface area contributed by atoms with E-state index in [9.17, 15) is 1.37 Å². The molecule has 0 unspecified atom stereocenters. The molecule has 0 bridgehead atoms. The van der Waals surface area contributed by atoms with Gasteiger partial charge in [0.2, 0.25) is 5.71 Å². The standard InChI is InChI=1S/C38H49N2O.C28H34N.Ir/c1-26-11-12-30-29-9-8-10-31(33(29)41-34(30)40-26)32-23-28(15-22-39-32)27-13-16-37(17-14-27)18-20-38(21-19-37,24-35(2,3)4)25-36(5,6)7;1-20-13-14-22(15-25(20)21-11-9-8-10-12-21)26-16-23(17-27(2,3)4)24(19-29-26)18-28(5,6)7;/h8-9,11-12,15,22-23,27H,13-14,16-21,24-25H2,1-7H3;8-13,15-16,19H,17-18H2,1-7H3;/q2*-1;/i1D3,27D;1D3,17D2,18D2;. The largest absolute Gasteiger partial charge is 0.486 e. The summed E-state index contributed by atoms with van der Waals surface area (Å²) in [5, 5.41) is 1.61. The average Bonchev–Trinajstić information content (AvgIpc) is 2.36. The first-order valence-electron chi connectivity index (χ1n) is 31.0. The molecule has 2 aliphatic carbocycles. The molecule has 4 heterocycles. The van der Waals surface area contributed by atoms with Crippen molar-refractivity contribution in [3.63, 3.8) is 0 Å². The molecule has 7 aromatic rings. The summed E-state index contributed by atoms with van der Waals surface area (Å²) in [4.78, 5) is 13.5. The van der Waals surface area contributed by atoms with E-state index in [-0.39, 0.29) is 42.5 Å². The van der Waals surface area contributed by atoms with Crippen molar-refractivity contribution in [2.24, 2.45) is 32.5 Å². The Morgan fingerprint density at radius 3 is 2.00 bits per heavy atom. The molecule has 0 atom stereocenters. The van der Waals surface area contributed by atoms with Crippen LogP contribution < -0.4 is 0 Å². The molecule has 5 heteroatoms. The van der Waals surface area contributed by atoms with E-state index in [2.05, 4.69) is 68.6 Å². The number of aromatic nitrogens is 3. The van der Waals surface area contributed by atoms with Crippen molar-refractivity contribution >= 4 is 22.1 Å². The zero-order chi connectivity index (χ0) is 59.8.